The first-order valence-corrected chi connectivity index (χ1v) is 10.3. The molecule has 0 saturated carbocycles. The van der Waals surface area contributed by atoms with Crippen LogP contribution in [0, 0.1) is 11.3 Å². The number of furan rings is 1. The Balaban J connectivity index is 1.60. The van der Waals surface area contributed by atoms with E-state index in [0.29, 0.717) is 11.1 Å². The molecule has 0 N–H and O–H groups in total. The van der Waals surface area contributed by atoms with Gasteiger partial charge in [-0.15, -0.1) is 10.2 Å². The zero-order chi connectivity index (χ0) is 24.1. The molecule has 4 aromatic rings. The molecular formula is C22H17F4N7O. The Morgan fingerprint density at radius 1 is 1.21 bits per heavy atom. The van der Waals surface area contributed by atoms with Crippen molar-refractivity contribution < 1.29 is 22.0 Å². The van der Waals surface area contributed by atoms with Gasteiger partial charge >= 0.3 is 6.18 Å². The Morgan fingerprint density at radius 3 is 2.62 bits per heavy atom. The maximum absolute atomic E-state index is 15.7. The minimum atomic E-state index is -4.76. The minimum absolute atomic E-state index is 0.0177. The van der Waals surface area contributed by atoms with Gasteiger partial charge in [0.25, 0.3) is 0 Å². The van der Waals surface area contributed by atoms with Crippen molar-refractivity contribution in [2.45, 2.75) is 24.7 Å². The van der Waals surface area contributed by atoms with Crippen molar-refractivity contribution in [3.05, 3.63) is 54.1 Å². The van der Waals surface area contributed by atoms with Crippen LogP contribution in [-0.4, -0.2) is 37.8 Å². The van der Waals surface area contributed by atoms with E-state index in [1.807, 2.05) is 6.07 Å². The molecule has 0 aromatic carbocycles. The van der Waals surface area contributed by atoms with Gasteiger partial charge in [0.2, 0.25) is 5.71 Å². The molecule has 0 aliphatic carbocycles. The third-order valence-corrected chi connectivity index (χ3v) is 5.97. The normalized spacial score (nSPS) is 16.1. The van der Waals surface area contributed by atoms with Crippen LogP contribution in [0.2, 0.25) is 0 Å². The van der Waals surface area contributed by atoms with E-state index >= 15 is 4.39 Å². The van der Waals surface area contributed by atoms with Crippen LogP contribution in [0.1, 0.15) is 29.9 Å². The number of nitrogens with zero attached hydrogens (tertiary/aromatic N) is 7. The Morgan fingerprint density at radius 2 is 1.97 bits per heavy atom. The van der Waals surface area contributed by atoms with E-state index in [9.17, 15) is 18.4 Å². The molecule has 8 nitrogen and oxygen atoms in total. The summed E-state index contributed by atoms with van der Waals surface area (Å²) in [6, 6.07) is 5.82. The van der Waals surface area contributed by atoms with Crippen LogP contribution in [0.15, 0.2) is 41.4 Å². The maximum atomic E-state index is 15.7. The van der Waals surface area contributed by atoms with Gasteiger partial charge in [-0.1, -0.05) is 0 Å². The number of aromatic nitrogens is 5. The van der Waals surface area contributed by atoms with Crippen molar-refractivity contribution in [2.24, 2.45) is 7.05 Å². The number of halogens is 4. The lowest BCUT2D eigenvalue weighted by Gasteiger charge is -2.38. The maximum Gasteiger partial charge on any atom is 0.433 e. The van der Waals surface area contributed by atoms with Crippen molar-refractivity contribution in [3.8, 4) is 17.3 Å². The second-order valence-corrected chi connectivity index (χ2v) is 8.12. The zero-order valence-corrected chi connectivity index (χ0v) is 17.8. The summed E-state index contributed by atoms with van der Waals surface area (Å²) in [7, 11) is 1.65. The smallest absolute Gasteiger partial charge is 0.433 e. The molecule has 174 valence electrons. The van der Waals surface area contributed by atoms with Gasteiger partial charge in [-0.25, -0.2) is 14.4 Å². The highest BCUT2D eigenvalue weighted by Crippen LogP contribution is 2.42. The third kappa shape index (κ3) is 3.63. The Bertz CT molecular complexity index is 1410. The number of nitriles is 1. The predicted molar refractivity (Wildman–Crippen MR) is 112 cm³/mol. The van der Waals surface area contributed by atoms with E-state index in [-0.39, 0.29) is 54.3 Å². The van der Waals surface area contributed by atoms with Gasteiger partial charge in [-0.05, 0) is 18.2 Å². The zero-order valence-electron chi connectivity index (χ0n) is 17.8. The molecule has 5 rings (SSSR count). The summed E-state index contributed by atoms with van der Waals surface area (Å²) in [5, 5.41) is 17.9. The summed E-state index contributed by atoms with van der Waals surface area (Å²) in [4.78, 5) is 9.72. The standard InChI is InChI=1S/C22H17F4N7O/c1-32-12-29-31-20(32)21(23)3-5-33(6-4-21)18-14(10-27)9-16(22(24,25)26)30-17(18)15-8-13-2-7-34-19(13)28-11-15/h2,7-9,11-12H,3-6H2,1H3. The summed E-state index contributed by atoms with van der Waals surface area (Å²) in [6.45, 7) is 0.277. The highest BCUT2D eigenvalue weighted by molar-refractivity contribution is 5.85. The summed E-state index contributed by atoms with van der Waals surface area (Å²) in [5.41, 5.74) is -2.36. The SMILES string of the molecule is Cn1cnnc1C1(F)CCN(c2c(C#N)cc(C(F)(F)F)nc2-c2cnc3occc3c2)CC1. The number of aryl methyl sites for hydroxylation is 1. The molecule has 1 aliphatic heterocycles. The third-order valence-electron chi connectivity index (χ3n) is 5.97. The molecule has 12 heteroatoms. The molecule has 0 amide bonds. The van der Waals surface area contributed by atoms with Gasteiger partial charge in [0.05, 0.1) is 23.2 Å². The van der Waals surface area contributed by atoms with E-state index in [0.717, 1.165) is 6.07 Å². The van der Waals surface area contributed by atoms with Crippen molar-refractivity contribution in [1.82, 2.24) is 24.7 Å². The molecule has 34 heavy (non-hydrogen) atoms. The largest absolute Gasteiger partial charge is 0.446 e. The lowest BCUT2D eigenvalue weighted by atomic mass is 9.91. The van der Waals surface area contributed by atoms with Gasteiger partial charge in [-0.3, -0.25) is 0 Å². The molecule has 1 fully saturated rings. The van der Waals surface area contributed by atoms with Gasteiger partial charge in [0.1, 0.15) is 18.1 Å². The number of rotatable bonds is 3. The summed E-state index contributed by atoms with van der Waals surface area (Å²) in [5.74, 6) is 0.188. The number of hydrogen-bond acceptors (Lipinski definition) is 7. The van der Waals surface area contributed by atoms with E-state index in [1.165, 1.54) is 23.4 Å². The van der Waals surface area contributed by atoms with Gasteiger partial charge in [0.15, 0.2) is 11.5 Å². The lowest BCUT2D eigenvalue weighted by molar-refractivity contribution is -0.141. The highest BCUT2D eigenvalue weighted by Gasteiger charge is 2.42. The quantitative estimate of drug-likeness (QED) is 0.409. The molecule has 0 radical (unpaired) electrons. The molecule has 4 aromatic heterocycles. The summed E-state index contributed by atoms with van der Waals surface area (Å²) < 4.78 is 63.2. The Hall–Kier alpha value is -4.01. The van der Waals surface area contributed by atoms with Crippen LogP contribution in [0.5, 0.6) is 0 Å². The van der Waals surface area contributed by atoms with Gasteiger partial charge in [-0.2, -0.15) is 18.4 Å². The first-order valence-electron chi connectivity index (χ1n) is 10.3. The van der Waals surface area contributed by atoms with Crippen molar-refractivity contribution in [3.63, 3.8) is 0 Å². The predicted octanol–water partition coefficient (Wildman–Crippen LogP) is 4.37. The van der Waals surface area contributed by atoms with Crippen molar-refractivity contribution in [2.75, 3.05) is 18.0 Å². The first kappa shape index (κ1) is 21.8. The van der Waals surface area contributed by atoms with E-state index < -0.39 is 17.5 Å². The first-order chi connectivity index (χ1) is 16.2. The number of anilines is 1. The molecular weight excluding hydrogens is 454 g/mol. The van der Waals surface area contributed by atoms with Gasteiger partial charge < -0.3 is 13.9 Å². The molecule has 1 saturated heterocycles. The van der Waals surface area contributed by atoms with Crippen LogP contribution < -0.4 is 4.90 Å². The van der Waals surface area contributed by atoms with Crippen LogP contribution in [0.4, 0.5) is 23.2 Å². The molecule has 5 heterocycles. The fourth-order valence-corrected chi connectivity index (χ4v) is 4.28. The average molecular weight is 471 g/mol. The number of pyridine rings is 2. The molecule has 0 spiro atoms. The molecule has 0 atom stereocenters. The van der Waals surface area contributed by atoms with E-state index in [1.54, 1.807) is 24.1 Å². The summed E-state index contributed by atoms with van der Waals surface area (Å²) >= 11 is 0. The van der Waals surface area contributed by atoms with E-state index in [2.05, 4.69) is 20.2 Å². The fourth-order valence-electron chi connectivity index (χ4n) is 4.28. The van der Waals surface area contributed by atoms with E-state index in [4.69, 9.17) is 4.42 Å². The number of piperidine rings is 1. The Labute approximate surface area is 190 Å². The van der Waals surface area contributed by atoms with Crippen molar-refractivity contribution in [1.29, 1.82) is 5.26 Å². The van der Waals surface area contributed by atoms with Crippen LogP contribution in [0.3, 0.4) is 0 Å². The van der Waals surface area contributed by atoms with Crippen LogP contribution in [0.25, 0.3) is 22.4 Å². The summed E-state index contributed by atoms with van der Waals surface area (Å²) in [6.07, 6.45) is -0.544. The molecule has 1 aliphatic rings. The van der Waals surface area contributed by atoms with Crippen LogP contribution in [-0.2, 0) is 18.9 Å². The monoisotopic (exact) mass is 471 g/mol. The van der Waals surface area contributed by atoms with Gasteiger partial charge in [0, 0.05) is 50.1 Å². The van der Waals surface area contributed by atoms with Crippen molar-refractivity contribution >= 4 is 16.8 Å². The fraction of sp³-hybridized carbons (Fsp3) is 0.318. The Kier molecular flexibility index (Phi) is 5.00. The highest BCUT2D eigenvalue weighted by atomic mass is 19.4. The topological polar surface area (TPSA) is 96.7 Å². The molecule has 0 bridgehead atoms. The minimum Gasteiger partial charge on any atom is -0.446 e. The number of hydrogen-bond donors (Lipinski definition) is 0. The van der Waals surface area contributed by atoms with Crippen LogP contribution >= 0.6 is 0 Å². The average Bonchev–Trinajstić information content (AvgIpc) is 3.46. The molecule has 0 unspecified atom stereocenters. The second kappa shape index (κ2) is 7.79. The number of fused-ring (bicyclic) bond motifs is 1. The lowest BCUT2D eigenvalue weighted by Crippen LogP contribution is -2.42. The number of alkyl halides is 4. The second-order valence-electron chi connectivity index (χ2n) is 8.12.